The monoisotopic (exact) mass is 397 g/mol. The zero-order chi connectivity index (χ0) is 19.1. The smallest absolute Gasteiger partial charge is 0.340 e. The van der Waals surface area contributed by atoms with Crippen molar-refractivity contribution < 1.29 is 18.7 Å². The van der Waals surface area contributed by atoms with Crippen molar-refractivity contribution in [3.05, 3.63) is 69.5 Å². The summed E-state index contributed by atoms with van der Waals surface area (Å²) in [4.78, 5) is 23.8. The third-order valence-electron chi connectivity index (χ3n) is 3.68. The number of benzene rings is 2. The second-order valence-electron chi connectivity index (χ2n) is 5.82. The van der Waals surface area contributed by atoms with E-state index in [4.69, 9.17) is 27.9 Å². The van der Waals surface area contributed by atoms with Crippen molar-refractivity contribution in [2.45, 2.75) is 25.8 Å². The molecule has 26 heavy (non-hydrogen) atoms. The molecule has 0 radical (unpaired) electrons. The summed E-state index contributed by atoms with van der Waals surface area (Å²) in [5, 5.41) is 2.51. The van der Waals surface area contributed by atoms with Gasteiger partial charge in [0.2, 0.25) is 0 Å². The molecule has 0 bridgehead atoms. The lowest BCUT2D eigenvalue weighted by Crippen LogP contribution is -2.36. The fraction of sp³-hybridized carbons (Fsp3) is 0.263. The highest BCUT2D eigenvalue weighted by atomic mass is 35.5. The number of hydrogen-bond acceptors (Lipinski definition) is 3. The molecule has 0 unspecified atom stereocenters. The van der Waals surface area contributed by atoms with Gasteiger partial charge in [0.25, 0.3) is 5.91 Å². The van der Waals surface area contributed by atoms with Gasteiger partial charge in [-0.3, -0.25) is 4.79 Å². The van der Waals surface area contributed by atoms with Crippen LogP contribution in [-0.4, -0.2) is 24.5 Å². The van der Waals surface area contributed by atoms with E-state index >= 15 is 0 Å². The molecule has 7 heteroatoms. The molecule has 0 aromatic heterocycles. The van der Waals surface area contributed by atoms with E-state index in [0.29, 0.717) is 0 Å². The van der Waals surface area contributed by atoms with Crippen molar-refractivity contribution in [1.29, 1.82) is 0 Å². The maximum atomic E-state index is 13.4. The van der Waals surface area contributed by atoms with Crippen LogP contribution in [0.3, 0.4) is 0 Å². The number of amides is 1. The third-order valence-corrected chi connectivity index (χ3v) is 4.28. The molecule has 0 saturated heterocycles. The first-order chi connectivity index (χ1) is 12.4. The Hall–Kier alpha value is -2.11. The maximum Gasteiger partial charge on any atom is 0.340 e. The van der Waals surface area contributed by atoms with Gasteiger partial charge >= 0.3 is 5.97 Å². The van der Waals surface area contributed by atoms with E-state index in [1.807, 2.05) is 37.3 Å². The first-order valence-corrected chi connectivity index (χ1v) is 8.77. The summed E-state index contributed by atoms with van der Waals surface area (Å²) in [6.07, 6.45) is 1.57. The van der Waals surface area contributed by atoms with E-state index in [2.05, 4.69) is 5.32 Å². The van der Waals surface area contributed by atoms with E-state index < -0.39 is 24.3 Å². The minimum atomic E-state index is -0.891. The summed E-state index contributed by atoms with van der Waals surface area (Å²) < 4.78 is 18.3. The second kappa shape index (κ2) is 9.55. The van der Waals surface area contributed by atoms with Gasteiger partial charge in [-0.1, -0.05) is 53.5 Å². The molecule has 0 aliphatic heterocycles. The quantitative estimate of drug-likeness (QED) is 0.555. The molecule has 0 heterocycles. The van der Waals surface area contributed by atoms with Crippen LogP contribution in [0.5, 0.6) is 0 Å². The van der Waals surface area contributed by atoms with Crippen LogP contribution in [0.15, 0.2) is 42.5 Å². The van der Waals surface area contributed by atoms with Crippen LogP contribution in [0.2, 0.25) is 10.0 Å². The standard InChI is InChI=1S/C19H18Cl2FNO3/c1-12(7-8-13-5-3-2-4-6-13)23-18(24)11-26-19(25)14-9-17(22)16(21)10-15(14)20/h2-6,9-10,12H,7-8,11H2,1H3,(H,23,24)/t12-/m0/s1. The SMILES string of the molecule is C[C@@H](CCc1ccccc1)NC(=O)COC(=O)c1cc(F)c(Cl)cc1Cl. The van der Waals surface area contributed by atoms with Gasteiger partial charge in [0.05, 0.1) is 15.6 Å². The topological polar surface area (TPSA) is 55.4 Å². The molecule has 0 fully saturated rings. The number of ether oxygens (including phenoxy) is 1. The molecule has 0 saturated carbocycles. The molecular weight excluding hydrogens is 380 g/mol. The number of nitrogens with one attached hydrogen (secondary N) is 1. The normalized spacial score (nSPS) is 11.7. The van der Waals surface area contributed by atoms with Crippen molar-refractivity contribution >= 4 is 35.1 Å². The fourth-order valence-corrected chi connectivity index (χ4v) is 2.76. The molecule has 1 atom stereocenters. The minimum Gasteiger partial charge on any atom is -0.452 e. The van der Waals surface area contributed by atoms with Gasteiger partial charge in [0.1, 0.15) is 5.82 Å². The molecule has 2 rings (SSSR count). The van der Waals surface area contributed by atoms with E-state index in [0.717, 1.165) is 25.0 Å². The Labute approximate surface area is 161 Å². The summed E-state index contributed by atoms with van der Waals surface area (Å²) >= 11 is 11.4. The molecule has 4 nitrogen and oxygen atoms in total. The van der Waals surface area contributed by atoms with Crippen LogP contribution >= 0.6 is 23.2 Å². The zero-order valence-electron chi connectivity index (χ0n) is 14.1. The first kappa shape index (κ1) is 20.2. The van der Waals surface area contributed by atoms with Crippen LogP contribution < -0.4 is 5.32 Å². The van der Waals surface area contributed by atoms with Crippen LogP contribution in [0.1, 0.15) is 29.3 Å². The van der Waals surface area contributed by atoms with Gasteiger partial charge < -0.3 is 10.1 Å². The van der Waals surface area contributed by atoms with Crippen molar-refractivity contribution in [3.8, 4) is 0 Å². The van der Waals surface area contributed by atoms with E-state index in [1.54, 1.807) is 0 Å². The first-order valence-electron chi connectivity index (χ1n) is 8.01. The summed E-state index contributed by atoms with van der Waals surface area (Å²) in [5.41, 5.74) is 0.998. The van der Waals surface area contributed by atoms with Gasteiger partial charge in [-0.15, -0.1) is 0 Å². The molecule has 2 aromatic rings. The Balaban J connectivity index is 1.79. The van der Waals surface area contributed by atoms with Gasteiger partial charge in [0, 0.05) is 6.04 Å². The molecule has 1 N–H and O–H groups in total. The number of carbonyl (C=O) groups is 2. The Morgan fingerprint density at radius 2 is 1.85 bits per heavy atom. The molecule has 0 spiro atoms. The zero-order valence-corrected chi connectivity index (χ0v) is 15.6. The van der Waals surface area contributed by atoms with Crippen molar-refractivity contribution in [2.24, 2.45) is 0 Å². The Morgan fingerprint density at radius 1 is 1.15 bits per heavy atom. The van der Waals surface area contributed by atoms with Crippen LogP contribution in [0, 0.1) is 5.82 Å². The fourth-order valence-electron chi connectivity index (χ4n) is 2.30. The van der Waals surface area contributed by atoms with E-state index in [-0.39, 0.29) is 21.7 Å². The third kappa shape index (κ3) is 6.00. The summed E-state index contributed by atoms with van der Waals surface area (Å²) in [6.45, 7) is 1.39. The average molecular weight is 398 g/mol. The number of aryl methyl sites for hydroxylation is 1. The summed E-state index contributed by atoms with van der Waals surface area (Å²) in [7, 11) is 0. The highest BCUT2D eigenvalue weighted by molar-refractivity contribution is 6.36. The number of halogens is 3. The Morgan fingerprint density at radius 3 is 2.54 bits per heavy atom. The average Bonchev–Trinajstić information content (AvgIpc) is 2.62. The largest absolute Gasteiger partial charge is 0.452 e. The van der Waals surface area contributed by atoms with Gasteiger partial charge in [-0.2, -0.15) is 0 Å². The van der Waals surface area contributed by atoms with Crippen LogP contribution in [0.25, 0.3) is 0 Å². The van der Waals surface area contributed by atoms with Gasteiger partial charge in [-0.25, -0.2) is 9.18 Å². The lowest BCUT2D eigenvalue weighted by atomic mass is 10.1. The van der Waals surface area contributed by atoms with Crippen LogP contribution in [0.4, 0.5) is 4.39 Å². The number of rotatable bonds is 7. The lowest BCUT2D eigenvalue weighted by molar-refractivity contribution is -0.124. The predicted octanol–water partition coefficient (Wildman–Crippen LogP) is 4.43. The minimum absolute atomic E-state index is 0.0435. The number of esters is 1. The van der Waals surface area contributed by atoms with Gasteiger partial charge in [-0.05, 0) is 37.5 Å². The molecule has 138 valence electrons. The molecule has 0 aliphatic carbocycles. The van der Waals surface area contributed by atoms with E-state index in [1.165, 1.54) is 5.56 Å². The van der Waals surface area contributed by atoms with Crippen molar-refractivity contribution in [3.63, 3.8) is 0 Å². The van der Waals surface area contributed by atoms with Crippen molar-refractivity contribution in [2.75, 3.05) is 6.61 Å². The molecular formula is C19H18Cl2FNO3. The molecule has 1 amide bonds. The lowest BCUT2D eigenvalue weighted by Gasteiger charge is -2.14. The second-order valence-corrected chi connectivity index (χ2v) is 6.63. The van der Waals surface area contributed by atoms with Gasteiger partial charge in [0.15, 0.2) is 6.61 Å². The molecule has 2 aromatic carbocycles. The summed E-state index contributed by atoms with van der Waals surface area (Å²) in [5.74, 6) is -2.12. The predicted molar refractivity (Wildman–Crippen MR) is 99.1 cm³/mol. The van der Waals surface area contributed by atoms with Crippen molar-refractivity contribution in [1.82, 2.24) is 5.32 Å². The number of carbonyl (C=O) groups excluding carboxylic acids is 2. The Bertz CT molecular complexity index is 784. The number of hydrogen-bond donors (Lipinski definition) is 1. The van der Waals surface area contributed by atoms with Crippen LogP contribution in [-0.2, 0) is 16.0 Å². The highest BCUT2D eigenvalue weighted by Gasteiger charge is 2.17. The highest BCUT2D eigenvalue weighted by Crippen LogP contribution is 2.24. The molecule has 0 aliphatic rings. The summed E-state index contributed by atoms with van der Waals surface area (Å²) in [6, 6.07) is 11.8. The Kier molecular flexibility index (Phi) is 7.42. The van der Waals surface area contributed by atoms with E-state index in [9.17, 15) is 14.0 Å². The maximum absolute atomic E-state index is 13.4.